The summed E-state index contributed by atoms with van der Waals surface area (Å²) in [6.45, 7) is 4.18. The van der Waals surface area contributed by atoms with Crippen molar-refractivity contribution in [2.45, 2.75) is 39.5 Å². The Labute approximate surface area is 102 Å². The number of hydrogen-bond donors (Lipinski definition) is 0. The van der Waals surface area contributed by atoms with Gasteiger partial charge < -0.3 is 0 Å². The van der Waals surface area contributed by atoms with E-state index in [1.807, 2.05) is 6.92 Å². The van der Waals surface area contributed by atoms with Gasteiger partial charge in [-0.05, 0) is 18.9 Å². The molecule has 0 N–H and O–H groups in total. The van der Waals surface area contributed by atoms with E-state index < -0.39 is 0 Å². The van der Waals surface area contributed by atoms with Gasteiger partial charge in [-0.25, -0.2) is 0 Å². The fourth-order valence-corrected chi connectivity index (χ4v) is 1.98. The molecule has 0 amide bonds. The van der Waals surface area contributed by atoms with Crippen LogP contribution in [0.4, 0.5) is 0 Å². The molecule has 16 heavy (non-hydrogen) atoms. The monoisotopic (exact) mass is 239 g/mol. The molecule has 88 valence electrons. The quantitative estimate of drug-likeness (QED) is 0.699. The Morgan fingerprint density at radius 2 is 2.25 bits per heavy atom. The van der Waals surface area contributed by atoms with E-state index in [0.29, 0.717) is 10.6 Å². The minimum atomic E-state index is 0.0971. The number of hydrogen-bond acceptors (Lipinski definition) is 2. The molecule has 0 radical (unpaired) electrons. The summed E-state index contributed by atoms with van der Waals surface area (Å²) < 4.78 is 0. The SMILES string of the molecule is CCCC[C@@H](CC)C(=O)c1ccncc1Cl. The first kappa shape index (κ1) is 13.2. The van der Waals surface area contributed by atoms with Crippen LogP contribution in [0.25, 0.3) is 0 Å². The first-order valence-electron chi connectivity index (χ1n) is 5.84. The Hall–Kier alpha value is -0.890. The van der Waals surface area contributed by atoms with E-state index in [9.17, 15) is 4.79 Å². The van der Waals surface area contributed by atoms with Gasteiger partial charge in [0.2, 0.25) is 0 Å². The lowest BCUT2D eigenvalue weighted by atomic mass is 9.91. The zero-order valence-electron chi connectivity index (χ0n) is 9.87. The predicted molar refractivity (Wildman–Crippen MR) is 66.9 cm³/mol. The second kappa shape index (κ2) is 6.64. The van der Waals surface area contributed by atoms with E-state index in [1.54, 1.807) is 12.3 Å². The number of halogens is 1. The van der Waals surface area contributed by atoms with E-state index in [0.717, 1.165) is 25.7 Å². The van der Waals surface area contributed by atoms with Crippen LogP contribution in [-0.4, -0.2) is 10.8 Å². The molecule has 0 aliphatic carbocycles. The molecule has 0 saturated carbocycles. The van der Waals surface area contributed by atoms with Gasteiger partial charge in [-0.1, -0.05) is 38.3 Å². The number of nitrogens with zero attached hydrogens (tertiary/aromatic N) is 1. The molecule has 0 fully saturated rings. The van der Waals surface area contributed by atoms with E-state index in [2.05, 4.69) is 11.9 Å². The average molecular weight is 240 g/mol. The third-order valence-electron chi connectivity index (χ3n) is 2.81. The van der Waals surface area contributed by atoms with Crippen LogP contribution in [-0.2, 0) is 0 Å². The summed E-state index contributed by atoms with van der Waals surface area (Å²) in [5.74, 6) is 0.253. The van der Waals surface area contributed by atoms with Crippen molar-refractivity contribution in [3.63, 3.8) is 0 Å². The highest BCUT2D eigenvalue weighted by Gasteiger charge is 2.19. The number of carbonyl (C=O) groups is 1. The number of Topliss-reactive ketones (excluding diaryl/α,β-unsaturated/α-hetero) is 1. The normalized spacial score (nSPS) is 12.4. The van der Waals surface area contributed by atoms with Gasteiger partial charge in [0.15, 0.2) is 5.78 Å². The Morgan fingerprint density at radius 3 is 2.81 bits per heavy atom. The molecular formula is C13H18ClNO. The molecule has 2 nitrogen and oxygen atoms in total. The summed E-state index contributed by atoms with van der Waals surface area (Å²) in [6, 6.07) is 1.71. The third kappa shape index (κ3) is 3.31. The fourth-order valence-electron chi connectivity index (χ4n) is 1.77. The maximum Gasteiger partial charge on any atom is 0.167 e. The van der Waals surface area contributed by atoms with Crippen LogP contribution in [0.1, 0.15) is 49.9 Å². The lowest BCUT2D eigenvalue weighted by Crippen LogP contribution is -2.14. The number of pyridine rings is 1. The molecule has 1 aromatic heterocycles. The molecule has 0 bridgehead atoms. The maximum absolute atomic E-state index is 12.2. The first-order valence-corrected chi connectivity index (χ1v) is 6.22. The second-order valence-corrected chi connectivity index (χ2v) is 4.37. The summed E-state index contributed by atoms with van der Waals surface area (Å²) in [5, 5.41) is 0.461. The largest absolute Gasteiger partial charge is 0.294 e. The van der Waals surface area contributed by atoms with Crippen molar-refractivity contribution >= 4 is 17.4 Å². The van der Waals surface area contributed by atoms with Crippen LogP contribution in [0.15, 0.2) is 18.5 Å². The maximum atomic E-state index is 12.2. The Balaban J connectivity index is 2.79. The Bertz CT molecular complexity index is 352. The standard InChI is InChI=1S/C13H18ClNO/c1-3-5-6-10(4-2)13(16)11-7-8-15-9-12(11)14/h7-10H,3-6H2,1-2H3/t10-/m1/s1. The lowest BCUT2D eigenvalue weighted by molar-refractivity contribution is 0.0908. The van der Waals surface area contributed by atoms with E-state index >= 15 is 0 Å². The Morgan fingerprint density at radius 1 is 1.50 bits per heavy atom. The van der Waals surface area contributed by atoms with Crippen LogP contribution in [0.5, 0.6) is 0 Å². The van der Waals surface area contributed by atoms with Crippen LogP contribution in [0.3, 0.4) is 0 Å². The third-order valence-corrected chi connectivity index (χ3v) is 3.11. The molecule has 1 heterocycles. The van der Waals surface area contributed by atoms with Crippen LogP contribution < -0.4 is 0 Å². The second-order valence-electron chi connectivity index (χ2n) is 3.97. The van der Waals surface area contributed by atoms with Crippen molar-refractivity contribution in [2.24, 2.45) is 5.92 Å². The van der Waals surface area contributed by atoms with Crippen LogP contribution in [0, 0.1) is 5.92 Å². The van der Waals surface area contributed by atoms with Gasteiger partial charge in [-0.2, -0.15) is 0 Å². The number of aromatic nitrogens is 1. The molecule has 0 aliphatic rings. The van der Waals surface area contributed by atoms with Gasteiger partial charge in [0.1, 0.15) is 0 Å². The molecule has 1 aromatic rings. The van der Waals surface area contributed by atoms with Crippen molar-refractivity contribution in [1.29, 1.82) is 0 Å². The summed E-state index contributed by atoms with van der Waals surface area (Å²) >= 11 is 5.97. The minimum absolute atomic E-state index is 0.0971. The van der Waals surface area contributed by atoms with E-state index in [1.165, 1.54) is 6.20 Å². The zero-order valence-corrected chi connectivity index (χ0v) is 10.6. The van der Waals surface area contributed by atoms with Gasteiger partial charge in [0.05, 0.1) is 5.02 Å². The zero-order chi connectivity index (χ0) is 12.0. The van der Waals surface area contributed by atoms with Crippen molar-refractivity contribution in [3.05, 3.63) is 29.0 Å². The van der Waals surface area contributed by atoms with E-state index in [4.69, 9.17) is 11.6 Å². The summed E-state index contributed by atoms with van der Waals surface area (Å²) in [7, 11) is 0. The summed E-state index contributed by atoms with van der Waals surface area (Å²) in [4.78, 5) is 16.1. The highest BCUT2D eigenvalue weighted by Crippen LogP contribution is 2.22. The first-order chi connectivity index (χ1) is 7.70. The van der Waals surface area contributed by atoms with Gasteiger partial charge in [0, 0.05) is 23.9 Å². The molecule has 0 aliphatic heterocycles. The van der Waals surface area contributed by atoms with Crippen molar-refractivity contribution in [2.75, 3.05) is 0 Å². The number of rotatable bonds is 6. The molecule has 0 spiro atoms. The fraction of sp³-hybridized carbons (Fsp3) is 0.538. The predicted octanol–water partition coefficient (Wildman–Crippen LogP) is 4.13. The molecule has 3 heteroatoms. The van der Waals surface area contributed by atoms with Crippen molar-refractivity contribution < 1.29 is 4.79 Å². The molecule has 0 aromatic carbocycles. The van der Waals surface area contributed by atoms with Gasteiger partial charge >= 0.3 is 0 Å². The topological polar surface area (TPSA) is 30.0 Å². The highest BCUT2D eigenvalue weighted by atomic mass is 35.5. The molecule has 1 rings (SSSR count). The molecule has 0 saturated heterocycles. The summed E-state index contributed by atoms with van der Waals surface area (Å²) in [6.07, 6.45) is 7.18. The number of unbranched alkanes of at least 4 members (excludes halogenated alkanes) is 1. The van der Waals surface area contributed by atoms with Gasteiger partial charge in [0.25, 0.3) is 0 Å². The number of ketones is 1. The molecule has 0 unspecified atom stereocenters. The van der Waals surface area contributed by atoms with Gasteiger partial charge in [-0.3, -0.25) is 9.78 Å². The summed E-state index contributed by atoms with van der Waals surface area (Å²) in [5.41, 5.74) is 0.611. The molecule has 1 atom stereocenters. The van der Waals surface area contributed by atoms with Crippen LogP contribution in [0.2, 0.25) is 5.02 Å². The van der Waals surface area contributed by atoms with Gasteiger partial charge in [-0.15, -0.1) is 0 Å². The lowest BCUT2D eigenvalue weighted by Gasteiger charge is -2.13. The highest BCUT2D eigenvalue weighted by molar-refractivity contribution is 6.33. The van der Waals surface area contributed by atoms with E-state index in [-0.39, 0.29) is 11.7 Å². The Kier molecular flexibility index (Phi) is 5.47. The molecular weight excluding hydrogens is 222 g/mol. The van der Waals surface area contributed by atoms with Crippen LogP contribution >= 0.6 is 11.6 Å². The van der Waals surface area contributed by atoms with Crippen molar-refractivity contribution in [1.82, 2.24) is 4.98 Å². The average Bonchev–Trinajstić information content (AvgIpc) is 2.30. The smallest absolute Gasteiger partial charge is 0.167 e. The minimum Gasteiger partial charge on any atom is -0.294 e. The number of carbonyl (C=O) groups excluding carboxylic acids is 1. The van der Waals surface area contributed by atoms with Crippen molar-refractivity contribution in [3.8, 4) is 0 Å².